The Morgan fingerprint density at radius 3 is 2.47 bits per heavy atom. The van der Waals surface area contributed by atoms with Gasteiger partial charge in [0.05, 0.1) is 19.7 Å². The first kappa shape index (κ1) is 16.2. The molecular formula is C12H22ClN3O3. The molecule has 2 rings (SSSR count). The molecule has 0 aliphatic carbocycles. The summed E-state index contributed by atoms with van der Waals surface area (Å²) in [5, 5.41) is 3.23. The van der Waals surface area contributed by atoms with Crippen LogP contribution < -0.4 is 5.32 Å². The van der Waals surface area contributed by atoms with Crippen molar-refractivity contribution in [3.8, 4) is 0 Å². The van der Waals surface area contributed by atoms with E-state index in [-0.39, 0.29) is 30.3 Å². The van der Waals surface area contributed by atoms with Crippen molar-refractivity contribution in [2.24, 2.45) is 0 Å². The largest absolute Gasteiger partial charge is 0.468 e. The number of esters is 1. The number of nitrogens with zero attached hydrogens (tertiary/aromatic N) is 2. The summed E-state index contributed by atoms with van der Waals surface area (Å²) in [5.74, 6) is -0.00236. The predicted octanol–water partition coefficient (Wildman–Crippen LogP) is -0.523. The minimum atomic E-state index is -0.216. The number of carbonyl (C=O) groups excluding carboxylic acids is 2. The zero-order valence-corrected chi connectivity index (χ0v) is 12.1. The second-order valence-corrected chi connectivity index (χ2v) is 4.83. The molecule has 6 nitrogen and oxygen atoms in total. The molecule has 0 radical (unpaired) electrons. The number of ether oxygens (including phenoxy) is 1. The van der Waals surface area contributed by atoms with Crippen LogP contribution >= 0.6 is 12.4 Å². The maximum atomic E-state index is 12.1. The van der Waals surface area contributed by atoms with E-state index in [1.807, 2.05) is 9.80 Å². The second kappa shape index (κ2) is 7.67. The van der Waals surface area contributed by atoms with Gasteiger partial charge in [-0.05, 0) is 19.4 Å². The minimum absolute atomic E-state index is 0. The lowest BCUT2D eigenvalue weighted by Gasteiger charge is -2.35. The molecule has 0 bridgehead atoms. The number of hydrogen-bond donors (Lipinski definition) is 1. The molecule has 0 aromatic heterocycles. The van der Waals surface area contributed by atoms with Gasteiger partial charge in [0.25, 0.3) is 0 Å². The van der Waals surface area contributed by atoms with E-state index in [1.54, 1.807) is 0 Å². The fourth-order valence-electron chi connectivity index (χ4n) is 2.49. The molecule has 0 saturated carbocycles. The Balaban J connectivity index is 0.00000180. The lowest BCUT2D eigenvalue weighted by atomic mass is 10.2. The molecule has 2 fully saturated rings. The monoisotopic (exact) mass is 291 g/mol. The normalized spacial score (nSPS) is 23.8. The molecule has 1 atom stereocenters. The first-order valence-corrected chi connectivity index (χ1v) is 6.52. The van der Waals surface area contributed by atoms with Gasteiger partial charge in [-0.25, -0.2) is 0 Å². The SMILES string of the molecule is COC(=O)CN1CCN(C(=O)[C@@H]2CCCN2)CC1.Cl. The van der Waals surface area contributed by atoms with Crippen molar-refractivity contribution in [3.63, 3.8) is 0 Å². The zero-order valence-electron chi connectivity index (χ0n) is 11.3. The Bertz CT molecular complexity index is 313. The fraction of sp³-hybridized carbons (Fsp3) is 0.833. The summed E-state index contributed by atoms with van der Waals surface area (Å²) in [6, 6.07) is 0.0113. The third-order valence-corrected chi connectivity index (χ3v) is 3.62. The Morgan fingerprint density at radius 1 is 1.26 bits per heavy atom. The number of hydrogen-bond acceptors (Lipinski definition) is 5. The Hall–Kier alpha value is -0.850. The van der Waals surface area contributed by atoms with Crippen LogP contribution in [0.4, 0.5) is 0 Å². The van der Waals surface area contributed by atoms with Crippen LogP contribution in [0.2, 0.25) is 0 Å². The van der Waals surface area contributed by atoms with E-state index in [4.69, 9.17) is 0 Å². The molecule has 19 heavy (non-hydrogen) atoms. The fourth-order valence-corrected chi connectivity index (χ4v) is 2.49. The average molecular weight is 292 g/mol. The molecule has 0 aromatic carbocycles. The summed E-state index contributed by atoms with van der Waals surface area (Å²) < 4.78 is 4.64. The molecular weight excluding hydrogens is 270 g/mol. The van der Waals surface area contributed by atoms with Gasteiger partial charge in [-0.15, -0.1) is 12.4 Å². The quantitative estimate of drug-likeness (QED) is 0.709. The molecule has 0 unspecified atom stereocenters. The van der Waals surface area contributed by atoms with Gasteiger partial charge in [0, 0.05) is 26.2 Å². The van der Waals surface area contributed by atoms with E-state index >= 15 is 0 Å². The predicted molar refractivity (Wildman–Crippen MR) is 73.3 cm³/mol. The second-order valence-electron chi connectivity index (χ2n) is 4.83. The highest BCUT2D eigenvalue weighted by atomic mass is 35.5. The lowest BCUT2D eigenvalue weighted by molar-refractivity contribution is -0.143. The Labute approximate surface area is 119 Å². The van der Waals surface area contributed by atoms with Gasteiger partial charge in [0.15, 0.2) is 0 Å². The van der Waals surface area contributed by atoms with Crippen molar-refractivity contribution in [1.29, 1.82) is 0 Å². The highest BCUT2D eigenvalue weighted by Crippen LogP contribution is 2.10. The van der Waals surface area contributed by atoms with Crippen LogP contribution in [0.15, 0.2) is 0 Å². The minimum Gasteiger partial charge on any atom is -0.468 e. The van der Waals surface area contributed by atoms with E-state index < -0.39 is 0 Å². The summed E-state index contributed by atoms with van der Waals surface area (Å²) in [6.07, 6.45) is 2.03. The van der Waals surface area contributed by atoms with Crippen LogP contribution in [0.3, 0.4) is 0 Å². The number of amides is 1. The molecule has 1 amide bonds. The van der Waals surface area contributed by atoms with Gasteiger partial charge in [-0.1, -0.05) is 0 Å². The molecule has 0 aromatic rings. The molecule has 2 aliphatic heterocycles. The maximum absolute atomic E-state index is 12.1. The number of halogens is 1. The van der Waals surface area contributed by atoms with Crippen LogP contribution in [0.1, 0.15) is 12.8 Å². The van der Waals surface area contributed by atoms with Crippen LogP contribution in [0.25, 0.3) is 0 Å². The standard InChI is InChI=1S/C12H21N3O3.ClH/c1-18-11(16)9-14-5-7-15(8-6-14)12(17)10-3-2-4-13-10;/h10,13H,2-9H2,1H3;1H/t10-;/m0./s1. The summed E-state index contributed by atoms with van der Waals surface area (Å²) in [6.45, 7) is 4.15. The Morgan fingerprint density at radius 2 is 1.95 bits per heavy atom. The highest BCUT2D eigenvalue weighted by Gasteiger charge is 2.29. The van der Waals surface area contributed by atoms with Gasteiger partial charge in [-0.2, -0.15) is 0 Å². The molecule has 110 valence electrons. The van der Waals surface area contributed by atoms with E-state index in [9.17, 15) is 9.59 Å². The van der Waals surface area contributed by atoms with Gasteiger partial charge in [0.2, 0.25) is 5.91 Å². The number of rotatable bonds is 3. The summed E-state index contributed by atoms with van der Waals surface area (Å²) in [5.41, 5.74) is 0. The molecule has 2 heterocycles. The number of methoxy groups -OCH3 is 1. The number of carbonyl (C=O) groups is 2. The summed E-state index contributed by atoms with van der Waals surface area (Å²) >= 11 is 0. The van der Waals surface area contributed by atoms with Gasteiger partial charge in [-0.3, -0.25) is 14.5 Å². The first-order chi connectivity index (χ1) is 8.70. The van der Waals surface area contributed by atoms with Crippen molar-refractivity contribution < 1.29 is 14.3 Å². The van der Waals surface area contributed by atoms with Crippen molar-refractivity contribution in [3.05, 3.63) is 0 Å². The van der Waals surface area contributed by atoms with Crippen molar-refractivity contribution in [1.82, 2.24) is 15.1 Å². The van der Waals surface area contributed by atoms with Gasteiger partial charge < -0.3 is 15.0 Å². The molecule has 2 saturated heterocycles. The van der Waals surface area contributed by atoms with E-state index in [0.29, 0.717) is 19.6 Å². The molecule has 0 spiro atoms. The Kier molecular flexibility index (Phi) is 6.54. The first-order valence-electron chi connectivity index (χ1n) is 6.52. The third-order valence-electron chi connectivity index (χ3n) is 3.62. The summed E-state index contributed by atoms with van der Waals surface area (Å²) in [4.78, 5) is 27.2. The molecule has 1 N–H and O–H groups in total. The van der Waals surface area contributed by atoms with Crippen molar-refractivity contribution in [2.75, 3.05) is 46.4 Å². The number of piperazine rings is 1. The topological polar surface area (TPSA) is 61.9 Å². The summed E-state index contributed by atoms with van der Waals surface area (Å²) in [7, 11) is 1.40. The van der Waals surface area contributed by atoms with Gasteiger partial charge in [0.1, 0.15) is 0 Å². The number of nitrogens with one attached hydrogen (secondary N) is 1. The van der Waals surface area contributed by atoms with Crippen molar-refractivity contribution >= 4 is 24.3 Å². The van der Waals surface area contributed by atoms with Gasteiger partial charge >= 0.3 is 5.97 Å². The van der Waals surface area contributed by atoms with E-state index in [1.165, 1.54) is 7.11 Å². The lowest BCUT2D eigenvalue weighted by Crippen LogP contribution is -2.53. The smallest absolute Gasteiger partial charge is 0.319 e. The van der Waals surface area contributed by atoms with Crippen LogP contribution in [-0.4, -0.2) is 74.1 Å². The molecule has 2 aliphatic rings. The van der Waals surface area contributed by atoms with Crippen LogP contribution in [0.5, 0.6) is 0 Å². The highest BCUT2D eigenvalue weighted by molar-refractivity contribution is 5.85. The van der Waals surface area contributed by atoms with E-state index in [2.05, 4.69) is 10.1 Å². The van der Waals surface area contributed by atoms with Crippen molar-refractivity contribution in [2.45, 2.75) is 18.9 Å². The molecule has 7 heteroatoms. The van der Waals surface area contributed by atoms with E-state index in [0.717, 1.165) is 32.5 Å². The zero-order chi connectivity index (χ0) is 13.0. The average Bonchev–Trinajstić information content (AvgIpc) is 2.92. The van der Waals surface area contributed by atoms with Crippen LogP contribution in [0, 0.1) is 0 Å². The third kappa shape index (κ3) is 4.33. The van der Waals surface area contributed by atoms with Crippen LogP contribution in [-0.2, 0) is 14.3 Å². The maximum Gasteiger partial charge on any atom is 0.319 e.